The van der Waals surface area contributed by atoms with Crippen LogP contribution in [0.2, 0.25) is 0 Å². The second kappa shape index (κ2) is 58.7. The first kappa shape index (κ1) is 58.2. The van der Waals surface area contributed by atoms with E-state index in [0.29, 0.717) is 118 Å². The molecule has 0 aliphatic heterocycles. The van der Waals surface area contributed by atoms with Crippen molar-refractivity contribution >= 4 is 0 Å². The Hall–Kier alpha value is -7.42. The maximum absolute atomic E-state index is 11.5. The van der Waals surface area contributed by atoms with E-state index in [9.17, 15) is 37.1 Å². The predicted molar refractivity (Wildman–Crippen MR) is 576 cm³/mol. The molecule has 7 atom stereocenters. The summed E-state index contributed by atoms with van der Waals surface area (Å²) in [4.78, 5) is 4.63. The number of methoxy groups -OCH3 is 7. The molecule has 7 unspecified atom stereocenters. The zero-order chi connectivity index (χ0) is 152. The standard InChI is InChI=1S/7C17H27NO2/c7*1-18(2)13-16(17(19)11-5-4-6-12-17)14-7-9-15(20-3)10-8-14/h7*7-10,16,19H,4-6,11-13H2,1-3H3/i1D3,2D3,3D3,13D2,16D;1D3,3D3,13D2,16D;1D3,2D3,3D3,16D;1D3,2D3,3D3,13D2;3D3,13D2,16D;1D3,3D3,16D;3D3,16D. The number of likely N-dealkylation sites (N-methyl/N-ethyl adjacent to an activating group) is 7. The van der Waals surface area contributed by atoms with Crippen molar-refractivity contribution in [1.82, 2.24) is 34.3 Å². The highest BCUT2D eigenvalue weighted by Gasteiger charge is 2.46. The molecule has 7 saturated carbocycles. The van der Waals surface area contributed by atoms with E-state index in [-0.39, 0.29) is 135 Å². The first-order valence-electron chi connectivity index (χ1n) is 77.6. The van der Waals surface area contributed by atoms with Gasteiger partial charge in [-0.15, -0.1) is 0 Å². The fourth-order valence-corrected chi connectivity index (χ4v) is 19.6. The summed E-state index contributed by atoms with van der Waals surface area (Å²) in [5, 5.41) is 79.5. The van der Waals surface area contributed by atoms with Crippen molar-refractivity contribution < 1.29 is 150 Å². The normalized spacial score (nSPS) is 29.2. The highest BCUT2D eigenvalue weighted by Crippen LogP contribution is 2.49. The SMILES string of the molecule is [2H]C([2H])([2H])Oc1ccc(C(C2(O)CCCCC2)C([2H])([2H])N(C([2H])([2H])[2H])C([2H])([2H])[2H])cc1.[2H]C([2H])([2H])Oc1ccc(C([2H])(C2(O)CCCCC2)C([2H])([2H])N(C([2H])([2H])[2H])C([2H])([2H])[2H])cc1.[2H]C([2H])([2H])Oc1ccc(C([2H])(C2(O)CCCCC2)C([2H])([2H])N(C)C([2H])([2H])[2H])cc1.[2H]C([2H])([2H])Oc1ccc(C([2H])(C2(O)CCCCC2)C([2H])([2H])N(C)C)cc1.[2H]C([2H])([2H])Oc1ccc(C([2H])(CN(C([2H])([2H])[2H])C([2H])([2H])[2H])C2(O)CCCCC2)cc1.[2H]C([2H])([2H])Oc1ccc(C([2H])(CN(C)C([2H])([2H])[2H])C2(O)CCCCC2)cc1.[2H]C([2H])([2H])Oc1ccc(C([2H])(CN(C)C)C2(O)CCCCC2)cc1. The minimum absolute atomic E-state index is 0.00327. The van der Waals surface area contributed by atoms with Crippen LogP contribution >= 0.6 is 0 Å². The van der Waals surface area contributed by atoms with Crippen molar-refractivity contribution in [3.63, 3.8) is 0 Å². The van der Waals surface area contributed by atoms with Crippen LogP contribution in [0.15, 0.2) is 170 Å². The van der Waals surface area contributed by atoms with E-state index < -0.39 is 218 Å². The largest absolute Gasteiger partial charge is 0.497 e. The van der Waals surface area contributed by atoms with Crippen molar-refractivity contribution in [3.8, 4) is 40.2 Å². The Morgan fingerprint density at radius 2 is 0.393 bits per heavy atom. The average Bonchev–Trinajstić information content (AvgIpc) is 0.698. The van der Waals surface area contributed by atoms with Gasteiger partial charge in [0, 0.05) is 139 Å². The first-order chi connectivity index (χ1) is 89.8. The number of hydrogen-bond acceptors (Lipinski definition) is 21. The molecule has 0 amide bonds. The quantitative estimate of drug-likeness (QED) is 0.0196. The minimum Gasteiger partial charge on any atom is -0.497 e. The highest BCUT2D eigenvalue weighted by molar-refractivity contribution is 5.38. The summed E-state index contributed by atoms with van der Waals surface area (Å²) >= 11 is 0. The Kier molecular flexibility index (Phi) is 24.4. The molecular weight excluding hydrogens is 1750 g/mol. The van der Waals surface area contributed by atoms with Crippen molar-refractivity contribution in [2.75, 3.05) is 193 Å². The number of aliphatic hydroxyl groups is 7. The number of rotatable bonds is 35. The molecule has 14 rings (SSSR count). The Morgan fingerprint density at radius 1 is 0.214 bits per heavy atom. The van der Waals surface area contributed by atoms with Gasteiger partial charge in [-0.2, -0.15) is 0 Å². The highest BCUT2D eigenvalue weighted by atomic mass is 16.5. The van der Waals surface area contributed by atoms with Crippen LogP contribution in [0, 0.1) is 0 Å². The van der Waals surface area contributed by atoms with Crippen LogP contribution in [0.25, 0.3) is 0 Å². The third kappa shape index (κ3) is 36.7. The van der Waals surface area contributed by atoms with Crippen LogP contribution in [-0.2, 0) is 0 Å². The molecule has 0 heterocycles. The second-order valence-electron chi connectivity index (χ2n) is 37.9. The summed E-state index contributed by atoms with van der Waals surface area (Å²) in [6, 6.07) is 38.6. The molecule has 140 heavy (non-hydrogen) atoms. The monoisotopic (exact) mass is 2000 g/mol. The zero-order valence-corrected chi connectivity index (χ0v) is 81.7. The van der Waals surface area contributed by atoms with Crippen molar-refractivity contribution in [3.05, 3.63) is 209 Å². The summed E-state index contributed by atoms with van der Waals surface area (Å²) < 4.78 is 491. The third-order valence-corrected chi connectivity index (χ3v) is 26.8. The third-order valence-electron chi connectivity index (χ3n) is 26.8. The Morgan fingerprint density at radius 3 is 0.607 bits per heavy atom. The summed E-state index contributed by atoms with van der Waals surface area (Å²) in [5.41, 5.74) is -9.63. The summed E-state index contributed by atoms with van der Waals surface area (Å²) in [6.45, 7) is -36.6. The van der Waals surface area contributed by atoms with Gasteiger partial charge in [-0.3, -0.25) is 0 Å². The van der Waals surface area contributed by atoms with E-state index in [0.717, 1.165) is 120 Å². The van der Waals surface area contributed by atoms with Gasteiger partial charge in [0.25, 0.3) is 0 Å². The van der Waals surface area contributed by atoms with Gasteiger partial charge in [0.2, 0.25) is 0 Å². The number of nitrogens with zero attached hydrogens (tertiary/aromatic N) is 7. The smallest absolute Gasteiger partial charge is 0.118 e. The van der Waals surface area contributed by atoms with E-state index in [1.165, 1.54) is 133 Å². The fourth-order valence-electron chi connectivity index (χ4n) is 19.6. The molecule has 0 spiro atoms. The molecular formula is C119H189N7O14. The molecule has 0 bridgehead atoms. The van der Waals surface area contributed by atoms with Gasteiger partial charge in [0.1, 0.15) is 40.2 Å². The van der Waals surface area contributed by atoms with Crippen molar-refractivity contribution in [2.45, 2.75) is 305 Å². The van der Waals surface area contributed by atoms with Gasteiger partial charge in [0.15, 0.2) is 0 Å². The molecule has 0 radical (unpaired) electrons. The molecule has 21 heteroatoms. The van der Waals surface area contributed by atoms with Crippen LogP contribution < -0.4 is 33.2 Å². The molecule has 7 aliphatic rings. The van der Waals surface area contributed by atoms with Gasteiger partial charge in [0.05, 0.1) is 117 Å². The van der Waals surface area contributed by atoms with Crippen LogP contribution in [0.1, 0.15) is 386 Å². The van der Waals surface area contributed by atoms with Gasteiger partial charge in [-0.1, -0.05) is 220 Å². The summed E-state index contributed by atoms with van der Waals surface area (Å²) in [6.07, 6.45) is 19.3. The van der Waals surface area contributed by atoms with E-state index in [1.54, 1.807) is 38.4 Å². The maximum Gasteiger partial charge on any atom is 0.118 e. The van der Waals surface area contributed by atoms with Gasteiger partial charge in [-0.25, -0.2) is 0 Å². The van der Waals surface area contributed by atoms with Crippen LogP contribution in [0.4, 0.5) is 0 Å². The number of benzene rings is 7. The van der Waals surface area contributed by atoms with Crippen LogP contribution in [0.3, 0.4) is 0 Å². The summed E-state index contributed by atoms with van der Waals surface area (Å²) in [7, 11) is -9.11. The molecule has 7 fully saturated rings. The topological polar surface area (TPSA) is 229 Å². The Balaban J connectivity index is 0.000000277. The lowest BCUT2D eigenvalue weighted by Crippen LogP contribution is -2.42. The average molecular weight is 2000 g/mol. The fraction of sp³-hybridized carbons (Fsp3) is 0.647. The molecule has 0 saturated heterocycles. The molecule has 7 N–H and O–H groups in total. The molecule has 0 aromatic heterocycles. The van der Waals surface area contributed by atoms with Gasteiger partial charge >= 0.3 is 0 Å². The van der Waals surface area contributed by atoms with Gasteiger partial charge < -0.3 is 103 Å². The lowest BCUT2D eigenvalue weighted by molar-refractivity contribution is -0.0280. The number of ether oxygens (including phenoxy) is 7. The minimum atomic E-state index is -3.45. The van der Waals surface area contributed by atoms with E-state index >= 15 is 0 Å². The summed E-state index contributed by atoms with van der Waals surface area (Å²) in [5.74, 6) is -12.9. The molecule has 7 aromatic rings. The molecule has 784 valence electrons. The predicted octanol–water partition coefficient (Wildman–Crippen LogP) is 21.2. The van der Waals surface area contributed by atoms with Crippen LogP contribution in [0.5, 0.6) is 40.2 Å². The van der Waals surface area contributed by atoms with Crippen molar-refractivity contribution in [2.24, 2.45) is 0 Å². The Labute approximate surface area is 929 Å². The molecule has 21 nitrogen and oxygen atoms in total. The maximum atomic E-state index is 11.5. The Bertz CT molecular complexity index is 6970. The van der Waals surface area contributed by atoms with E-state index in [1.807, 2.05) is 19.0 Å². The lowest BCUT2D eigenvalue weighted by atomic mass is 9.72. The first-order valence-corrected chi connectivity index (χ1v) is 48.1. The van der Waals surface area contributed by atoms with Gasteiger partial charge in [-0.05, 0) is 312 Å². The second-order valence-corrected chi connectivity index (χ2v) is 37.9. The zero-order valence-electron chi connectivity index (χ0n) is 141. The molecule has 7 aromatic carbocycles. The van der Waals surface area contributed by atoms with Crippen molar-refractivity contribution in [1.29, 1.82) is 0 Å². The van der Waals surface area contributed by atoms with E-state index in [4.69, 9.17) is 113 Å². The lowest BCUT2D eigenvalue weighted by Gasteiger charge is -2.40. The molecule has 7 aliphatic carbocycles. The number of hydrogen-bond donors (Lipinski definition) is 7. The van der Waals surface area contributed by atoms with E-state index in [2.05, 4.69) is 0 Å². The van der Waals surface area contributed by atoms with Crippen LogP contribution in [-0.4, -0.2) is 302 Å².